The first-order valence-corrected chi connectivity index (χ1v) is 8.04. The van der Waals surface area contributed by atoms with Crippen molar-refractivity contribution in [2.24, 2.45) is 10.9 Å². The molecular weight excluding hydrogens is 250 g/mol. The predicted octanol–water partition coefficient (Wildman–Crippen LogP) is 1.94. The van der Waals surface area contributed by atoms with Gasteiger partial charge in [-0.1, -0.05) is 12.8 Å². The summed E-state index contributed by atoms with van der Waals surface area (Å²) in [7, 11) is 0. The number of aliphatic imine (C=N–C) groups is 1. The maximum atomic E-state index is 11.8. The highest BCUT2D eigenvalue weighted by Crippen LogP contribution is 2.36. The van der Waals surface area contributed by atoms with Crippen LogP contribution in [0.15, 0.2) is 4.99 Å². The number of piperazine rings is 1. The van der Waals surface area contributed by atoms with Crippen LogP contribution >= 0.6 is 0 Å². The maximum Gasteiger partial charge on any atom is 0.219 e. The van der Waals surface area contributed by atoms with Crippen molar-refractivity contribution in [3.8, 4) is 0 Å². The summed E-state index contributed by atoms with van der Waals surface area (Å²) in [6, 6.07) is 1.08. The van der Waals surface area contributed by atoms with Crippen molar-refractivity contribution in [1.82, 2.24) is 9.80 Å². The lowest BCUT2D eigenvalue weighted by molar-refractivity contribution is -0.138. The van der Waals surface area contributed by atoms with Gasteiger partial charge in [-0.3, -0.25) is 14.7 Å². The van der Waals surface area contributed by atoms with Gasteiger partial charge in [-0.15, -0.1) is 0 Å². The van der Waals surface area contributed by atoms with Crippen molar-refractivity contribution in [3.05, 3.63) is 0 Å². The third-order valence-electron chi connectivity index (χ3n) is 5.38. The van der Waals surface area contributed by atoms with Gasteiger partial charge in [0, 0.05) is 50.3 Å². The van der Waals surface area contributed by atoms with Gasteiger partial charge >= 0.3 is 0 Å². The normalized spacial score (nSPS) is 37.0. The molecule has 3 unspecified atom stereocenters. The number of hydrogen-bond donors (Lipinski definition) is 0. The zero-order valence-electron chi connectivity index (χ0n) is 13.0. The van der Waals surface area contributed by atoms with Crippen LogP contribution in [0, 0.1) is 5.92 Å². The molecule has 2 fully saturated rings. The first kappa shape index (κ1) is 14.1. The van der Waals surface area contributed by atoms with Crippen molar-refractivity contribution in [2.75, 3.05) is 19.6 Å². The fourth-order valence-corrected chi connectivity index (χ4v) is 4.43. The molecule has 0 aromatic carbocycles. The molecule has 0 bridgehead atoms. The van der Waals surface area contributed by atoms with E-state index in [0.717, 1.165) is 25.6 Å². The van der Waals surface area contributed by atoms with Crippen molar-refractivity contribution < 1.29 is 4.79 Å². The molecule has 1 saturated carbocycles. The quantitative estimate of drug-likeness (QED) is 0.734. The molecule has 3 atom stereocenters. The number of amides is 1. The van der Waals surface area contributed by atoms with Gasteiger partial charge in [0.15, 0.2) is 0 Å². The molecule has 20 heavy (non-hydrogen) atoms. The van der Waals surface area contributed by atoms with E-state index in [9.17, 15) is 4.79 Å². The van der Waals surface area contributed by atoms with Crippen LogP contribution in [-0.2, 0) is 4.79 Å². The Bertz CT molecular complexity index is 418. The summed E-state index contributed by atoms with van der Waals surface area (Å²) in [5.74, 6) is 0.925. The molecule has 3 rings (SSSR count). The number of fused-ring (bicyclic) bond motifs is 1. The highest BCUT2D eigenvalue weighted by Gasteiger charge is 2.43. The van der Waals surface area contributed by atoms with Crippen molar-refractivity contribution >= 4 is 12.1 Å². The number of hydrogen-bond acceptors (Lipinski definition) is 3. The fraction of sp³-hybridized carbons (Fsp3) is 0.875. The van der Waals surface area contributed by atoms with E-state index in [1.165, 1.54) is 25.7 Å². The molecule has 1 amide bonds. The second-order valence-electron chi connectivity index (χ2n) is 7.26. The summed E-state index contributed by atoms with van der Waals surface area (Å²) in [6.45, 7) is 8.86. The third-order valence-corrected chi connectivity index (χ3v) is 5.38. The summed E-state index contributed by atoms with van der Waals surface area (Å²) in [6.07, 6.45) is 7.50. The Kier molecular flexibility index (Phi) is 3.61. The average Bonchev–Trinajstić information content (AvgIpc) is 2.80. The molecule has 112 valence electrons. The molecular formula is C16H27N3O. The molecule has 4 heteroatoms. The smallest absolute Gasteiger partial charge is 0.219 e. The fourth-order valence-electron chi connectivity index (χ4n) is 4.43. The first-order chi connectivity index (χ1) is 9.49. The average molecular weight is 277 g/mol. The molecule has 0 radical (unpaired) electrons. The van der Waals surface area contributed by atoms with Gasteiger partial charge in [-0.2, -0.15) is 0 Å². The second kappa shape index (κ2) is 5.14. The van der Waals surface area contributed by atoms with Crippen molar-refractivity contribution in [3.63, 3.8) is 0 Å². The number of nitrogens with zero attached hydrogens (tertiary/aromatic N) is 3. The van der Waals surface area contributed by atoms with Crippen LogP contribution in [0.4, 0.5) is 0 Å². The van der Waals surface area contributed by atoms with Crippen LogP contribution in [0.2, 0.25) is 0 Å². The van der Waals surface area contributed by atoms with E-state index in [2.05, 4.69) is 25.0 Å². The van der Waals surface area contributed by atoms with Crippen LogP contribution in [0.3, 0.4) is 0 Å². The van der Waals surface area contributed by atoms with Gasteiger partial charge in [0.25, 0.3) is 0 Å². The van der Waals surface area contributed by atoms with E-state index in [-0.39, 0.29) is 11.4 Å². The molecule has 0 N–H and O–H groups in total. The lowest BCUT2D eigenvalue weighted by Crippen LogP contribution is -2.63. The van der Waals surface area contributed by atoms with E-state index in [1.54, 1.807) is 6.92 Å². The highest BCUT2D eigenvalue weighted by molar-refractivity contribution is 5.74. The Hall–Kier alpha value is -0.900. The highest BCUT2D eigenvalue weighted by atomic mass is 16.2. The molecule has 0 spiro atoms. The van der Waals surface area contributed by atoms with Crippen LogP contribution in [-0.4, -0.2) is 59.2 Å². The third kappa shape index (κ3) is 2.39. The predicted molar refractivity (Wildman–Crippen MR) is 81.1 cm³/mol. The van der Waals surface area contributed by atoms with Gasteiger partial charge in [0.05, 0.1) is 6.04 Å². The Morgan fingerprint density at radius 1 is 1.25 bits per heavy atom. The zero-order valence-corrected chi connectivity index (χ0v) is 13.0. The van der Waals surface area contributed by atoms with Crippen LogP contribution in [0.1, 0.15) is 46.5 Å². The van der Waals surface area contributed by atoms with Gasteiger partial charge in [-0.05, 0) is 26.7 Å². The van der Waals surface area contributed by atoms with E-state index >= 15 is 0 Å². The first-order valence-electron chi connectivity index (χ1n) is 8.04. The second-order valence-corrected chi connectivity index (χ2v) is 7.26. The minimum absolute atomic E-state index is 0.0648. The van der Waals surface area contributed by atoms with E-state index in [1.807, 2.05) is 4.90 Å². The summed E-state index contributed by atoms with van der Waals surface area (Å²) in [4.78, 5) is 21.1. The zero-order chi connectivity index (χ0) is 14.3. The Balaban J connectivity index is 1.70. The molecule has 1 saturated heterocycles. The van der Waals surface area contributed by atoms with E-state index in [4.69, 9.17) is 4.99 Å². The van der Waals surface area contributed by atoms with Crippen molar-refractivity contribution in [1.29, 1.82) is 0 Å². The van der Waals surface area contributed by atoms with Gasteiger partial charge < -0.3 is 4.90 Å². The Morgan fingerprint density at radius 2 is 2.00 bits per heavy atom. The standard InChI is InChI=1S/C16H27N3O/c1-12(20)19-9-8-18(11-16(19,2)3)15-10-17-14-7-5-4-6-13(14)15/h10,13-15H,4-9,11H2,1-3H3. The van der Waals surface area contributed by atoms with Crippen LogP contribution < -0.4 is 0 Å². The largest absolute Gasteiger partial charge is 0.335 e. The van der Waals surface area contributed by atoms with Gasteiger partial charge in [0.1, 0.15) is 0 Å². The lowest BCUT2D eigenvalue weighted by atomic mass is 9.81. The molecule has 4 nitrogen and oxygen atoms in total. The Labute approximate surface area is 122 Å². The van der Waals surface area contributed by atoms with E-state index in [0.29, 0.717) is 12.1 Å². The summed E-state index contributed by atoms with van der Waals surface area (Å²) < 4.78 is 0. The minimum Gasteiger partial charge on any atom is -0.335 e. The van der Waals surface area contributed by atoms with Crippen molar-refractivity contribution in [2.45, 2.75) is 64.1 Å². The number of carbonyl (C=O) groups excluding carboxylic acids is 1. The van der Waals surface area contributed by atoms with Crippen LogP contribution in [0.25, 0.3) is 0 Å². The SMILES string of the molecule is CC(=O)N1CCN(C2C=NC3CCCCC32)CC1(C)C. The summed E-state index contributed by atoms with van der Waals surface area (Å²) >= 11 is 0. The Morgan fingerprint density at radius 3 is 2.70 bits per heavy atom. The molecule has 2 aliphatic heterocycles. The number of rotatable bonds is 1. The number of carbonyl (C=O) groups is 1. The van der Waals surface area contributed by atoms with Gasteiger partial charge in [-0.25, -0.2) is 0 Å². The minimum atomic E-state index is -0.0648. The van der Waals surface area contributed by atoms with Gasteiger partial charge in [0.2, 0.25) is 5.91 Å². The monoisotopic (exact) mass is 277 g/mol. The molecule has 0 aromatic rings. The molecule has 1 aliphatic carbocycles. The summed E-state index contributed by atoms with van der Waals surface area (Å²) in [5.41, 5.74) is -0.0648. The molecule has 3 aliphatic rings. The van der Waals surface area contributed by atoms with E-state index < -0.39 is 0 Å². The summed E-state index contributed by atoms with van der Waals surface area (Å²) in [5, 5.41) is 0. The maximum absolute atomic E-state index is 11.8. The molecule has 2 heterocycles. The van der Waals surface area contributed by atoms with Crippen LogP contribution in [0.5, 0.6) is 0 Å². The molecule has 0 aromatic heterocycles. The topological polar surface area (TPSA) is 35.9 Å². The lowest BCUT2D eigenvalue weighted by Gasteiger charge is -2.49.